The van der Waals surface area contributed by atoms with E-state index in [4.69, 9.17) is 16.0 Å². The Morgan fingerprint density at radius 2 is 2.22 bits per heavy atom. The van der Waals surface area contributed by atoms with Gasteiger partial charge < -0.3 is 4.42 Å². The van der Waals surface area contributed by atoms with Gasteiger partial charge >= 0.3 is 0 Å². The number of fused-ring (bicyclic) bond motifs is 1. The lowest BCUT2D eigenvalue weighted by molar-refractivity contribution is 0.100. The van der Waals surface area contributed by atoms with Crippen molar-refractivity contribution in [2.45, 2.75) is 0 Å². The molecule has 3 rings (SSSR count). The van der Waals surface area contributed by atoms with Gasteiger partial charge in [-0.1, -0.05) is 17.7 Å². The molecule has 90 valence electrons. The van der Waals surface area contributed by atoms with Crippen molar-refractivity contribution >= 4 is 28.4 Å². The molecular formula is C13H9ClN2O2. The SMILES string of the molecule is Cn1nccc1C(=O)c1cc2c(Cl)cccc2o1. The van der Waals surface area contributed by atoms with Gasteiger partial charge in [0.15, 0.2) is 5.76 Å². The van der Waals surface area contributed by atoms with Crippen LogP contribution in [0.4, 0.5) is 0 Å². The summed E-state index contributed by atoms with van der Waals surface area (Å²) in [5, 5.41) is 5.27. The van der Waals surface area contributed by atoms with Crippen LogP contribution in [0.15, 0.2) is 40.9 Å². The second-order valence-corrected chi connectivity index (χ2v) is 4.34. The molecule has 0 fully saturated rings. The summed E-state index contributed by atoms with van der Waals surface area (Å²) < 4.78 is 7.03. The van der Waals surface area contributed by atoms with Gasteiger partial charge in [0.25, 0.3) is 0 Å². The first-order chi connectivity index (χ1) is 8.66. The van der Waals surface area contributed by atoms with Crippen LogP contribution in [0, 0.1) is 0 Å². The third kappa shape index (κ3) is 1.62. The molecule has 0 atom stereocenters. The van der Waals surface area contributed by atoms with Crippen LogP contribution in [0.2, 0.25) is 5.02 Å². The summed E-state index contributed by atoms with van der Waals surface area (Å²) in [5.41, 5.74) is 1.08. The van der Waals surface area contributed by atoms with Gasteiger partial charge in [-0.05, 0) is 24.3 Å². The van der Waals surface area contributed by atoms with Crippen LogP contribution in [-0.2, 0) is 7.05 Å². The monoisotopic (exact) mass is 260 g/mol. The maximum Gasteiger partial charge on any atom is 0.246 e. The van der Waals surface area contributed by atoms with E-state index < -0.39 is 0 Å². The van der Waals surface area contributed by atoms with E-state index in [1.807, 2.05) is 0 Å². The minimum absolute atomic E-state index is 0.206. The molecule has 0 N–H and O–H groups in total. The number of halogens is 1. The molecule has 0 saturated carbocycles. The molecule has 0 aliphatic heterocycles. The number of hydrogen-bond acceptors (Lipinski definition) is 3. The van der Waals surface area contributed by atoms with Crippen LogP contribution < -0.4 is 0 Å². The minimum Gasteiger partial charge on any atom is -0.452 e. The Morgan fingerprint density at radius 3 is 2.89 bits per heavy atom. The van der Waals surface area contributed by atoms with E-state index in [0.717, 1.165) is 5.39 Å². The van der Waals surface area contributed by atoms with E-state index in [1.165, 1.54) is 4.68 Å². The summed E-state index contributed by atoms with van der Waals surface area (Å²) in [6.07, 6.45) is 1.57. The number of aryl methyl sites for hydroxylation is 1. The molecule has 3 aromatic rings. The predicted octanol–water partition coefficient (Wildman–Crippen LogP) is 3.05. The average molecular weight is 261 g/mol. The van der Waals surface area contributed by atoms with E-state index in [-0.39, 0.29) is 11.5 Å². The van der Waals surface area contributed by atoms with Gasteiger partial charge in [0.2, 0.25) is 5.78 Å². The largest absolute Gasteiger partial charge is 0.452 e. The topological polar surface area (TPSA) is 48.0 Å². The van der Waals surface area contributed by atoms with Crippen molar-refractivity contribution in [3.05, 3.63) is 53.0 Å². The lowest BCUT2D eigenvalue weighted by atomic mass is 10.2. The zero-order valence-electron chi connectivity index (χ0n) is 9.55. The molecule has 0 saturated heterocycles. The summed E-state index contributed by atoms with van der Waals surface area (Å²) in [6.45, 7) is 0. The van der Waals surface area contributed by atoms with Crippen molar-refractivity contribution in [3.8, 4) is 0 Å². The normalized spacial score (nSPS) is 11.0. The molecule has 2 aromatic heterocycles. The molecule has 5 heteroatoms. The number of carbonyl (C=O) groups is 1. The van der Waals surface area contributed by atoms with Crippen molar-refractivity contribution in [2.24, 2.45) is 7.05 Å². The van der Waals surface area contributed by atoms with Gasteiger partial charge in [-0.2, -0.15) is 5.10 Å². The van der Waals surface area contributed by atoms with Crippen LogP contribution in [-0.4, -0.2) is 15.6 Å². The Bertz CT molecular complexity index is 742. The van der Waals surface area contributed by atoms with Crippen LogP contribution in [0.1, 0.15) is 16.2 Å². The van der Waals surface area contributed by atoms with Crippen molar-refractivity contribution < 1.29 is 9.21 Å². The highest BCUT2D eigenvalue weighted by molar-refractivity contribution is 6.35. The summed E-state index contributed by atoms with van der Waals surface area (Å²) in [6, 6.07) is 8.63. The number of furan rings is 1. The van der Waals surface area contributed by atoms with Gasteiger partial charge in [0, 0.05) is 18.6 Å². The van der Waals surface area contributed by atoms with Gasteiger partial charge in [-0.3, -0.25) is 9.48 Å². The van der Waals surface area contributed by atoms with E-state index >= 15 is 0 Å². The molecule has 0 unspecified atom stereocenters. The van der Waals surface area contributed by atoms with Crippen LogP contribution in [0.3, 0.4) is 0 Å². The highest BCUT2D eigenvalue weighted by Gasteiger charge is 2.18. The molecule has 0 aliphatic carbocycles. The zero-order valence-corrected chi connectivity index (χ0v) is 10.3. The van der Waals surface area contributed by atoms with Crippen LogP contribution in [0.25, 0.3) is 11.0 Å². The third-order valence-electron chi connectivity index (χ3n) is 2.79. The fraction of sp³-hybridized carbons (Fsp3) is 0.0769. The van der Waals surface area contributed by atoms with E-state index in [0.29, 0.717) is 16.3 Å². The predicted molar refractivity (Wildman–Crippen MR) is 67.9 cm³/mol. The van der Waals surface area contributed by atoms with Crippen LogP contribution in [0.5, 0.6) is 0 Å². The van der Waals surface area contributed by atoms with Gasteiger partial charge in [0.05, 0.1) is 5.02 Å². The Hall–Kier alpha value is -2.07. The van der Waals surface area contributed by atoms with Gasteiger partial charge in [-0.25, -0.2) is 0 Å². The Labute approximate surface area is 108 Å². The van der Waals surface area contributed by atoms with Crippen LogP contribution >= 0.6 is 11.6 Å². The fourth-order valence-corrected chi connectivity index (χ4v) is 2.08. The second-order valence-electron chi connectivity index (χ2n) is 3.93. The van der Waals surface area contributed by atoms with Crippen molar-refractivity contribution in [1.82, 2.24) is 9.78 Å². The number of ketones is 1. The molecule has 4 nitrogen and oxygen atoms in total. The smallest absolute Gasteiger partial charge is 0.246 e. The Kier molecular flexibility index (Phi) is 2.45. The van der Waals surface area contributed by atoms with Gasteiger partial charge in [-0.15, -0.1) is 0 Å². The van der Waals surface area contributed by atoms with Crippen molar-refractivity contribution in [3.63, 3.8) is 0 Å². The fourth-order valence-electron chi connectivity index (χ4n) is 1.86. The highest BCUT2D eigenvalue weighted by atomic mass is 35.5. The molecular weight excluding hydrogens is 252 g/mol. The highest BCUT2D eigenvalue weighted by Crippen LogP contribution is 2.27. The summed E-state index contributed by atoms with van der Waals surface area (Å²) in [5.74, 6) is 0.0592. The lowest BCUT2D eigenvalue weighted by Crippen LogP contribution is -2.07. The summed E-state index contributed by atoms with van der Waals surface area (Å²) in [4.78, 5) is 12.2. The first-order valence-electron chi connectivity index (χ1n) is 5.37. The number of carbonyl (C=O) groups excluding carboxylic acids is 1. The Morgan fingerprint density at radius 1 is 1.39 bits per heavy atom. The van der Waals surface area contributed by atoms with Gasteiger partial charge in [0.1, 0.15) is 11.3 Å². The number of benzene rings is 1. The molecule has 0 aliphatic rings. The summed E-state index contributed by atoms with van der Waals surface area (Å²) >= 11 is 6.04. The molecule has 18 heavy (non-hydrogen) atoms. The average Bonchev–Trinajstić information content (AvgIpc) is 2.95. The Balaban J connectivity index is 2.13. The number of aromatic nitrogens is 2. The standard InChI is InChI=1S/C13H9ClN2O2/c1-16-10(5-6-15-16)13(17)12-7-8-9(14)3-2-4-11(8)18-12/h2-7H,1H3. The quantitative estimate of drug-likeness (QED) is 0.666. The summed E-state index contributed by atoms with van der Waals surface area (Å²) in [7, 11) is 1.71. The zero-order chi connectivity index (χ0) is 12.7. The molecule has 0 bridgehead atoms. The molecule has 1 aromatic carbocycles. The number of nitrogens with zero attached hydrogens (tertiary/aromatic N) is 2. The number of rotatable bonds is 2. The first kappa shape index (κ1) is 11.0. The lowest BCUT2D eigenvalue weighted by Gasteiger charge is -1.96. The third-order valence-corrected chi connectivity index (χ3v) is 3.12. The van der Waals surface area contributed by atoms with E-state index in [9.17, 15) is 4.79 Å². The maximum atomic E-state index is 12.2. The first-order valence-corrected chi connectivity index (χ1v) is 5.75. The molecule has 2 heterocycles. The second kappa shape index (κ2) is 3.99. The molecule has 0 radical (unpaired) electrons. The van der Waals surface area contributed by atoms with E-state index in [1.54, 1.807) is 43.6 Å². The molecule has 0 spiro atoms. The van der Waals surface area contributed by atoms with Crippen molar-refractivity contribution in [1.29, 1.82) is 0 Å². The minimum atomic E-state index is -0.206. The molecule has 0 amide bonds. The van der Waals surface area contributed by atoms with Crippen molar-refractivity contribution in [2.75, 3.05) is 0 Å². The number of hydrogen-bond donors (Lipinski definition) is 0. The maximum absolute atomic E-state index is 12.2. The van der Waals surface area contributed by atoms with E-state index in [2.05, 4.69) is 5.10 Å².